The molecular weight excluding hydrogens is 256 g/mol. The number of rotatable bonds is 10. The molecule has 0 atom stereocenters. The molecule has 0 saturated carbocycles. The summed E-state index contributed by atoms with van der Waals surface area (Å²) in [5.74, 6) is 0. The second kappa shape index (κ2) is 8.36. The van der Waals surface area contributed by atoms with E-state index in [4.69, 9.17) is 22.1 Å². The zero-order valence-corrected chi connectivity index (χ0v) is 13.9. The monoisotopic (exact) mass is 282 g/mol. The molecule has 0 aromatic heterocycles. The van der Waals surface area contributed by atoms with E-state index in [1.807, 2.05) is 6.55 Å². The molecule has 0 spiro atoms. The van der Waals surface area contributed by atoms with Crippen molar-refractivity contribution in [3.63, 3.8) is 0 Å². The second-order valence-electron chi connectivity index (χ2n) is 4.12. The maximum atomic E-state index is 5.64. The zero-order chi connectivity index (χ0) is 13.4. The molecular formula is C10H26O5Si2. The van der Waals surface area contributed by atoms with Crippen LogP contribution in [0.25, 0.3) is 0 Å². The lowest BCUT2D eigenvalue weighted by atomic mass is 10.4. The molecule has 0 aliphatic rings. The van der Waals surface area contributed by atoms with Crippen LogP contribution in [-0.4, -0.2) is 52.4 Å². The van der Waals surface area contributed by atoms with Crippen molar-refractivity contribution in [2.45, 2.75) is 32.0 Å². The minimum Gasteiger partial charge on any atom is -0.398 e. The van der Waals surface area contributed by atoms with Crippen molar-refractivity contribution in [3.8, 4) is 0 Å². The molecule has 0 heterocycles. The molecule has 0 aliphatic carbocycles. The smallest absolute Gasteiger partial charge is 0.398 e. The van der Waals surface area contributed by atoms with Crippen LogP contribution in [0.2, 0.25) is 19.1 Å². The van der Waals surface area contributed by atoms with Crippen molar-refractivity contribution in [2.75, 3.05) is 35.0 Å². The molecule has 0 aliphatic heterocycles. The Morgan fingerprint density at radius 3 is 1.71 bits per heavy atom. The molecule has 0 aromatic rings. The number of hydrogen-bond donors (Lipinski definition) is 0. The molecule has 0 radical (unpaired) electrons. The Bertz CT molecular complexity index is 175. The normalized spacial score (nSPS) is 13.1. The van der Waals surface area contributed by atoms with Crippen LogP contribution >= 0.6 is 0 Å². The van der Waals surface area contributed by atoms with Crippen molar-refractivity contribution < 1.29 is 22.1 Å². The minimum atomic E-state index is -2.36. The van der Waals surface area contributed by atoms with Crippen molar-refractivity contribution in [1.82, 2.24) is 0 Å². The Hall–Kier alpha value is 0.234. The fraction of sp³-hybridized carbons (Fsp3) is 1.00. The fourth-order valence-corrected chi connectivity index (χ4v) is 3.68. The van der Waals surface area contributed by atoms with Crippen LogP contribution in [0.15, 0.2) is 0 Å². The third-order valence-electron chi connectivity index (χ3n) is 2.99. The summed E-state index contributed by atoms with van der Waals surface area (Å²) >= 11 is 0. The van der Waals surface area contributed by atoms with Gasteiger partial charge in [0.25, 0.3) is 0 Å². The summed E-state index contributed by atoms with van der Waals surface area (Å²) in [6.07, 6.45) is 1.99. The van der Waals surface area contributed by atoms with Crippen LogP contribution in [0.5, 0.6) is 0 Å². The lowest BCUT2D eigenvalue weighted by Gasteiger charge is -2.24. The molecule has 0 unspecified atom stereocenters. The van der Waals surface area contributed by atoms with E-state index in [1.54, 1.807) is 28.4 Å². The first kappa shape index (κ1) is 17.2. The van der Waals surface area contributed by atoms with E-state index in [0.717, 1.165) is 18.9 Å². The second-order valence-corrected chi connectivity index (χ2v) is 10.5. The average Bonchev–Trinajstić information content (AvgIpc) is 2.37. The lowest BCUT2D eigenvalue weighted by molar-refractivity contribution is 0.104. The maximum Gasteiger partial charge on any atom is 0.497 e. The lowest BCUT2D eigenvalue weighted by Crippen LogP contribution is -2.40. The van der Waals surface area contributed by atoms with Crippen LogP contribution in [-0.2, 0) is 22.1 Å². The van der Waals surface area contributed by atoms with E-state index >= 15 is 0 Å². The van der Waals surface area contributed by atoms with E-state index in [-0.39, 0.29) is 0 Å². The van der Waals surface area contributed by atoms with E-state index < -0.39 is 17.4 Å². The Kier molecular flexibility index (Phi) is 8.47. The minimum absolute atomic E-state index is 0.655. The Labute approximate surface area is 107 Å². The largest absolute Gasteiger partial charge is 0.497 e. The first-order valence-electron chi connectivity index (χ1n) is 5.80. The zero-order valence-electron chi connectivity index (χ0n) is 11.9. The average molecular weight is 282 g/mol. The highest BCUT2D eigenvalue weighted by atomic mass is 28.4. The van der Waals surface area contributed by atoms with Crippen molar-refractivity contribution in [2.24, 2.45) is 0 Å². The third kappa shape index (κ3) is 6.65. The molecule has 0 N–H and O–H groups in total. The summed E-state index contributed by atoms with van der Waals surface area (Å²) in [5.41, 5.74) is 0. The predicted octanol–water partition coefficient (Wildman–Crippen LogP) is 2.01. The SMILES string of the molecule is CO[Si](C)(CCCCO[Si](C)(OC)OC)OC. The quantitative estimate of drug-likeness (QED) is 0.453. The molecule has 0 bridgehead atoms. The van der Waals surface area contributed by atoms with Gasteiger partial charge in [0, 0.05) is 41.6 Å². The summed E-state index contributed by atoms with van der Waals surface area (Å²) in [4.78, 5) is 0. The van der Waals surface area contributed by atoms with Gasteiger partial charge in [-0.2, -0.15) is 0 Å². The Morgan fingerprint density at radius 1 is 0.765 bits per heavy atom. The van der Waals surface area contributed by atoms with Gasteiger partial charge < -0.3 is 22.1 Å². The predicted molar refractivity (Wildman–Crippen MR) is 71.3 cm³/mol. The summed E-state index contributed by atoms with van der Waals surface area (Å²) < 4.78 is 26.9. The van der Waals surface area contributed by atoms with Gasteiger partial charge in [0.05, 0.1) is 0 Å². The van der Waals surface area contributed by atoms with Crippen LogP contribution in [0, 0.1) is 0 Å². The van der Waals surface area contributed by atoms with Gasteiger partial charge in [0.15, 0.2) is 0 Å². The van der Waals surface area contributed by atoms with Crippen LogP contribution < -0.4 is 0 Å². The Balaban J connectivity index is 3.72. The molecule has 0 rings (SSSR count). The standard InChI is InChI=1S/C10H26O5Si2/c1-11-16(5,12-2)10-8-7-9-15-17(6,13-3)14-4/h7-10H2,1-6H3. The first-order chi connectivity index (χ1) is 7.95. The summed E-state index contributed by atoms with van der Waals surface area (Å²) in [7, 11) is 2.39. The van der Waals surface area contributed by atoms with E-state index in [2.05, 4.69) is 6.55 Å². The van der Waals surface area contributed by atoms with Crippen LogP contribution in [0.3, 0.4) is 0 Å². The van der Waals surface area contributed by atoms with Crippen molar-refractivity contribution >= 4 is 17.4 Å². The van der Waals surface area contributed by atoms with Gasteiger partial charge in [-0.15, -0.1) is 0 Å². The topological polar surface area (TPSA) is 46.2 Å². The fourth-order valence-electron chi connectivity index (χ4n) is 1.29. The summed E-state index contributed by atoms with van der Waals surface area (Å²) in [5, 5.41) is 0. The molecule has 7 heteroatoms. The first-order valence-corrected chi connectivity index (χ1v) is 10.5. The molecule has 0 aromatic carbocycles. The summed E-state index contributed by atoms with van der Waals surface area (Å²) in [6.45, 7) is 4.61. The van der Waals surface area contributed by atoms with Gasteiger partial charge in [0.2, 0.25) is 0 Å². The molecule has 5 nitrogen and oxygen atoms in total. The third-order valence-corrected chi connectivity index (χ3v) is 8.20. The molecule has 0 saturated heterocycles. The van der Waals surface area contributed by atoms with E-state index in [0.29, 0.717) is 6.61 Å². The van der Waals surface area contributed by atoms with Crippen molar-refractivity contribution in [1.29, 1.82) is 0 Å². The molecule has 17 heavy (non-hydrogen) atoms. The van der Waals surface area contributed by atoms with Gasteiger partial charge in [0.1, 0.15) is 0 Å². The van der Waals surface area contributed by atoms with Gasteiger partial charge in [-0.3, -0.25) is 0 Å². The number of unbranched alkanes of at least 4 members (excludes halogenated alkanes) is 1. The Morgan fingerprint density at radius 2 is 1.29 bits per heavy atom. The van der Waals surface area contributed by atoms with Gasteiger partial charge >= 0.3 is 17.4 Å². The maximum absolute atomic E-state index is 5.64. The van der Waals surface area contributed by atoms with E-state index in [9.17, 15) is 0 Å². The highest BCUT2D eigenvalue weighted by molar-refractivity contribution is 6.65. The van der Waals surface area contributed by atoms with E-state index in [1.165, 1.54) is 0 Å². The molecule has 104 valence electrons. The summed E-state index contributed by atoms with van der Waals surface area (Å²) in [6, 6.07) is 0.974. The van der Waals surface area contributed by atoms with Crippen molar-refractivity contribution in [3.05, 3.63) is 0 Å². The number of hydrogen-bond acceptors (Lipinski definition) is 5. The molecule has 0 amide bonds. The highest BCUT2D eigenvalue weighted by Crippen LogP contribution is 2.16. The van der Waals surface area contributed by atoms with Crippen LogP contribution in [0.1, 0.15) is 12.8 Å². The molecule has 0 fully saturated rings. The highest BCUT2D eigenvalue weighted by Gasteiger charge is 2.32. The van der Waals surface area contributed by atoms with Crippen LogP contribution in [0.4, 0.5) is 0 Å². The van der Waals surface area contributed by atoms with Gasteiger partial charge in [-0.05, 0) is 25.4 Å². The van der Waals surface area contributed by atoms with Gasteiger partial charge in [-0.25, -0.2) is 0 Å². The van der Waals surface area contributed by atoms with Gasteiger partial charge in [-0.1, -0.05) is 0 Å².